The zero-order valence-corrected chi connectivity index (χ0v) is 21.7. The summed E-state index contributed by atoms with van der Waals surface area (Å²) in [6.45, 7) is 10.2. The number of fused-ring (bicyclic) bond motifs is 3. The molecule has 0 saturated carbocycles. The first kappa shape index (κ1) is 25.5. The summed E-state index contributed by atoms with van der Waals surface area (Å²) >= 11 is 0. The van der Waals surface area contributed by atoms with Gasteiger partial charge in [0.05, 0.1) is 24.5 Å². The standard InChI is InChI=1S/C28H33NO8/c1-13-16-6-7-17(29-8-10-37-11-9-29)22(32)20(16)23(33)21-25(35)28(36)24(34)19(14(2)30)18(31)12-26(28,4)15(3)27(13,21)5/h6-7,13,15,31-32,35-36H,8-12H2,1-5H3. The summed E-state index contributed by atoms with van der Waals surface area (Å²) in [5, 5.41) is 45.6. The van der Waals surface area contributed by atoms with Crippen molar-refractivity contribution >= 4 is 23.0 Å². The van der Waals surface area contributed by atoms with Gasteiger partial charge in [-0.2, -0.15) is 0 Å². The lowest BCUT2D eigenvalue weighted by Crippen LogP contribution is -2.67. The highest BCUT2D eigenvalue weighted by molar-refractivity contribution is 6.25. The average Bonchev–Trinajstić information content (AvgIpc) is 2.84. The van der Waals surface area contributed by atoms with Crippen LogP contribution in [0, 0.1) is 16.7 Å². The molecule has 0 bridgehead atoms. The maximum absolute atomic E-state index is 14.1. The Bertz CT molecular complexity index is 1320. The number of aliphatic hydroxyl groups is 3. The van der Waals surface area contributed by atoms with E-state index in [1.165, 1.54) is 0 Å². The monoisotopic (exact) mass is 511 g/mol. The molecular weight excluding hydrogens is 478 g/mol. The average molecular weight is 512 g/mol. The number of ether oxygens (including phenoxy) is 1. The van der Waals surface area contributed by atoms with Gasteiger partial charge >= 0.3 is 0 Å². The molecule has 0 radical (unpaired) electrons. The van der Waals surface area contributed by atoms with E-state index in [9.17, 15) is 34.8 Å². The van der Waals surface area contributed by atoms with Crippen LogP contribution in [0.4, 0.5) is 5.69 Å². The summed E-state index contributed by atoms with van der Waals surface area (Å²) < 4.78 is 5.40. The largest absolute Gasteiger partial charge is 0.511 e. The molecule has 3 aliphatic carbocycles. The number of carbonyl (C=O) groups is 3. The Kier molecular flexibility index (Phi) is 5.45. The molecule has 9 nitrogen and oxygen atoms in total. The summed E-state index contributed by atoms with van der Waals surface area (Å²) in [5.74, 6) is -5.01. The van der Waals surface area contributed by atoms with E-state index in [2.05, 4.69) is 0 Å². The number of nitrogens with zero attached hydrogens (tertiary/aromatic N) is 1. The number of Topliss-reactive ketones (excluding diaryl/α,β-unsaturated/α-hetero) is 3. The van der Waals surface area contributed by atoms with Crippen LogP contribution in [-0.2, 0) is 14.3 Å². The van der Waals surface area contributed by atoms with Gasteiger partial charge in [0.2, 0.25) is 5.78 Å². The predicted octanol–water partition coefficient (Wildman–Crippen LogP) is 3.11. The lowest BCUT2D eigenvalue weighted by molar-refractivity contribution is -0.171. The summed E-state index contributed by atoms with van der Waals surface area (Å²) in [5.41, 5.74) is -4.69. The van der Waals surface area contributed by atoms with Crippen LogP contribution in [0.15, 0.2) is 34.8 Å². The molecule has 5 unspecified atom stereocenters. The quantitative estimate of drug-likeness (QED) is 0.440. The number of aliphatic hydroxyl groups excluding tert-OH is 2. The Morgan fingerprint density at radius 2 is 1.70 bits per heavy atom. The third-order valence-electron chi connectivity index (χ3n) is 9.89. The number of carbonyl (C=O) groups excluding carboxylic acids is 3. The van der Waals surface area contributed by atoms with E-state index in [0.29, 0.717) is 37.6 Å². The van der Waals surface area contributed by atoms with E-state index in [0.717, 1.165) is 6.92 Å². The van der Waals surface area contributed by atoms with E-state index >= 15 is 0 Å². The third-order valence-corrected chi connectivity index (χ3v) is 9.89. The summed E-state index contributed by atoms with van der Waals surface area (Å²) in [6, 6.07) is 3.60. The van der Waals surface area contributed by atoms with Crippen molar-refractivity contribution in [2.75, 3.05) is 31.2 Å². The van der Waals surface area contributed by atoms with Crippen molar-refractivity contribution in [3.8, 4) is 5.75 Å². The van der Waals surface area contributed by atoms with Crippen LogP contribution in [0.25, 0.3) is 0 Å². The summed E-state index contributed by atoms with van der Waals surface area (Å²) in [6.07, 6.45) is -0.229. The van der Waals surface area contributed by atoms with Crippen LogP contribution in [-0.4, -0.2) is 69.7 Å². The van der Waals surface area contributed by atoms with E-state index in [1.807, 2.05) is 17.9 Å². The van der Waals surface area contributed by atoms with Gasteiger partial charge in [-0.15, -0.1) is 0 Å². The van der Waals surface area contributed by atoms with Crippen LogP contribution in [0.5, 0.6) is 5.75 Å². The van der Waals surface area contributed by atoms with Gasteiger partial charge in [0.1, 0.15) is 22.8 Å². The molecule has 1 aromatic rings. The van der Waals surface area contributed by atoms with Gasteiger partial charge in [-0.05, 0) is 30.4 Å². The van der Waals surface area contributed by atoms with E-state index in [-0.39, 0.29) is 23.3 Å². The lowest BCUT2D eigenvalue weighted by atomic mass is 9.42. The first-order valence-electron chi connectivity index (χ1n) is 12.6. The third kappa shape index (κ3) is 2.89. The number of ketones is 3. The number of hydrogen-bond acceptors (Lipinski definition) is 9. The lowest BCUT2D eigenvalue weighted by Gasteiger charge is -2.61. The fourth-order valence-electron chi connectivity index (χ4n) is 7.30. The molecule has 5 rings (SSSR count). The van der Waals surface area contributed by atoms with Gasteiger partial charge in [-0.1, -0.05) is 33.8 Å². The number of phenols is 1. The molecule has 0 spiro atoms. The maximum Gasteiger partial charge on any atom is 0.209 e. The second-order valence-corrected chi connectivity index (χ2v) is 11.3. The molecule has 1 saturated heterocycles. The van der Waals surface area contributed by atoms with Crippen molar-refractivity contribution < 1.29 is 39.5 Å². The molecule has 4 aliphatic rings. The topological polar surface area (TPSA) is 145 Å². The van der Waals surface area contributed by atoms with Crippen LogP contribution < -0.4 is 4.90 Å². The number of morpholine rings is 1. The second-order valence-electron chi connectivity index (χ2n) is 11.3. The Balaban J connectivity index is 1.77. The van der Waals surface area contributed by atoms with Crippen LogP contribution in [0.2, 0.25) is 0 Å². The van der Waals surface area contributed by atoms with Crippen molar-refractivity contribution in [2.45, 2.75) is 52.6 Å². The normalized spacial score (nSPS) is 35.8. The van der Waals surface area contributed by atoms with Crippen molar-refractivity contribution in [3.63, 3.8) is 0 Å². The van der Waals surface area contributed by atoms with Crippen molar-refractivity contribution in [3.05, 3.63) is 45.9 Å². The van der Waals surface area contributed by atoms with Crippen molar-refractivity contribution in [1.29, 1.82) is 0 Å². The number of rotatable bonds is 2. The molecule has 1 heterocycles. The minimum atomic E-state index is -2.60. The molecule has 1 fully saturated rings. The number of phenolic OH excluding ortho intramolecular Hbond substituents is 1. The Labute approximate surface area is 215 Å². The molecule has 37 heavy (non-hydrogen) atoms. The van der Waals surface area contributed by atoms with Gasteiger partial charge in [0.15, 0.2) is 17.2 Å². The van der Waals surface area contributed by atoms with Gasteiger partial charge < -0.3 is 30.1 Å². The molecule has 4 N–H and O–H groups in total. The molecule has 0 amide bonds. The van der Waals surface area contributed by atoms with E-state index in [1.54, 1.807) is 26.8 Å². The van der Waals surface area contributed by atoms with Crippen molar-refractivity contribution in [2.24, 2.45) is 16.7 Å². The first-order valence-corrected chi connectivity index (χ1v) is 12.6. The highest BCUT2D eigenvalue weighted by atomic mass is 16.5. The molecule has 1 aliphatic heterocycles. The maximum atomic E-state index is 14.1. The number of aromatic hydroxyl groups is 1. The van der Waals surface area contributed by atoms with Crippen LogP contribution in [0.1, 0.15) is 62.9 Å². The zero-order chi connectivity index (χ0) is 27.2. The Hall–Kier alpha value is -3.17. The molecule has 198 valence electrons. The van der Waals surface area contributed by atoms with E-state index in [4.69, 9.17) is 4.74 Å². The molecule has 0 aromatic heterocycles. The van der Waals surface area contributed by atoms with Gasteiger partial charge in [0, 0.05) is 35.9 Å². The van der Waals surface area contributed by atoms with Crippen LogP contribution >= 0.6 is 0 Å². The molecular formula is C28H33NO8. The fourth-order valence-corrected chi connectivity index (χ4v) is 7.30. The Morgan fingerprint density at radius 3 is 2.30 bits per heavy atom. The van der Waals surface area contributed by atoms with Crippen LogP contribution in [0.3, 0.4) is 0 Å². The predicted molar refractivity (Wildman–Crippen MR) is 134 cm³/mol. The number of allylic oxidation sites excluding steroid dienone is 2. The minimum Gasteiger partial charge on any atom is -0.511 e. The smallest absolute Gasteiger partial charge is 0.209 e. The Morgan fingerprint density at radius 1 is 1.08 bits per heavy atom. The first-order chi connectivity index (χ1) is 17.2. The fraction of sp³-hybridized carbons (Fsp3) is 0.536. The highest BCUT2D eigenvalue weighted by Crippen LogP contribution is 2.68. The van der Waals surface area contributed by atoms with Gasteiger partial charge in [-0.25, -0.2) is 0 Å². The number of benzene rings is 1. The summed E-state index contributed by atoms with van der Waals surface area (Å²) in [4.78, 5) is 41.9. The zero-order valence-electron chi connectivity index (χ0n) is 21.7. The number of hydrogen-bond donors (Lipinski definition) is 4. The molecule has 1 aromatic carbocycles. The molecule has 5 atom stereocenters. The summed E-state index contributed by atoms with van der Waals surface area (Å²) in [7, 11) is 0. The van der Waals surface area contributed by atoms with Gasteiger partial charge in [0.25, 0.3) is 0 Å². The second kappa shape index (κ2) is 7.91. The number of anilines is 1. The van der Waals surface area contributed by atoms with E-state index < -0.39 is 62.7 Å². The highest BCUT2D eigenvalue weighted by Gasteiger charge is 2.71. The SMILES string of the molecule is CC(=O)C1=C(O)CC2(C)C(C)C3(C)C(=C(O)C2(O)C1=O)C(=O)c1c(ccc(N2CCOCC2)c1O)C3C. The minimum absolute atomic E-state index is 0.0309. The molecule has 9 heteroatoms. The van der Waals surface area contributed by atoms with Crippen molar-refractivity contribution in [1.82, 2.24) is 0 Å². The van der Waals surface area contributed by atoms with Gasteiger partial charge in [-0.3, -0.25) is 14.4 Å².